The second-order valence-corrected chi connectivity index (χ2v) is 3.77. The summed E-state index contributed by atoms with van der Waals surface area (Å²) < 4.78 is 0. The van der Waals surface area contributed by atoms with Crippen LogP contribution in [-0.2, 0) is 0 Å². The van der Waals surface area contributed by atoms with E-state index in [2.05, 4.69) is 6.92 Å². The first-order valence-electron chi connectivity index (χ1n) is 5.35. The molecule has 0 radical (unpaired) electrons. The zero-order valence-electron chi connectivity index (χ0n) is 8.87. The highest BCUT2D eigenvalue weighted by Crippen LogP contribution is 2.18. The normalized spacial score (nSPS) is 12.7. The Morgan fingerprint density at radius 1 is 1.29 bits per heavy atom. The third-order valence-corrected chi connectivity index (χ3v) is 2.46. The van der Waals surface area contributed by atoms with Crippen molar-refractivity contribution in [1.29, 1.82) is 0 Å². The maximum absolute atomic E-state index is 6.05. The summed E-state index contributed by atoms with van der Waals surface area (Å²) in [4.78, 5) is 0. The largest absolute Gasteiger partial charge is 0.399 e. The molecule has 1 unspecified atom stereocenters. The molecule has 2 heteroatoms. The summed E-state index contributed by atoms with van der Waals surface area (Å²) in [6.45, 7) is 2.20. The summed E-state index contributed by atoms with van der Waals surface area (Å²) in [6.07, 6.45) is 4.75. The third-order valence-electron chi connectivity index (χ3n) is 2.46. The number of unbranched alkanes of at least 4 members (excludes halogenated alkanes) is 2. The van der Waals surface area contributed by atoms with E-state index in [-0.39, 0.29) is 6.04 Å². The van der Waals surface area contributed by atoms with Crippen LogP contribution in [0.4, 0.5) is 5.69 Å². The van der Waals surface area contributed by atoms with Gasteiger partial charge in [0.1, 0.15) is 0 Å². The highest BCUT2D eigenvalue weighted by atomic mass is 14.6. The molecular weight excluding hydrogens is 172 g/mol. The molecular formula is C12H20N2. The van der Waals surface area contributed by atoms with Crippen LogP contribution >= 0.6 is 0 Å². The number of benzene rings is 1. The van der Waals surface area contributed by atoms with E-state index in [9.17, 15) is 0 Å². The predicted octanol–water partition coefficient (Wildman–Crippen LogP) is 2.85. The van der Waals surface area contributed by atoms with Gasteiger partial charge in [0.05, 0.1) is 0 Å². The van der Waals surface area contributed by atoms with Crippen LogP contribution in [0.5, 0.6) is 0 Å². The molecule has 0 aliphatic heterocycles. The zero-order chi connectivity index (χ0) is 10.4. The first kappa shape index (κ1) is 11.1. The maximum Gasteiger partial charge on any atom is 0.0317 e. The summed E-state index contributed by atoms with van der Waals surface area (Å²) in [5, 5.41) is 0. The van der Waals surface area contributed by atoms with Crippen LogP contribution in [0, 0.1) is 0 Å². The molecule has 2 nitrogen and oxygen atoms in total. The van der Waals surface area contributed by atoms with Gasteiger partial charge in [-0.2, -0.15) is 0 Å². The summed E-state index contributed by atoms with van der Waals surface area (Å²) in [5.41, 5.74) is 13.7. The zero-order valence-corrected chi connectivity index (χ0v) is 8.87. The lowest BCUT2D eigenvalue weighted by Gasteiger charge is -2.11. The Kier molecular flexibility index (Phi) is 4.47. The molecule has 0 fully saturated rings. The van der Waals surface area contributed by atoms with Crippen molar-refractivity contribution in [3.8, 4) is 0 Å². The Labute approximate surface area is 86.3 Å². The van der Waals surface area contributed by atoms with Gasteiger partial charge in [-0.15, -0.1) is 0 Å². The number of nitrogen functional groups attached to an aromatic ring is 1. The fourth-order valence-electron chi connectivity index (χ4n) is 1.57. The van der Waals surface area contributed by atoms with E-state index in [1.54, 1.807) is 0 Å². The van der Waals surface area contributed by atoms with Gasteiger partial charge in [0.15, 0.2) is 0 Å². The number of hydrogen-bond donors (Lipinski definition) is 2. The van der Waals surface area contributed by atoms with Crippen molar-refractivity contribution in [1.82, 2.24) is 0 Å². The van der Waals surface area contributed by atoms with Crippen LogP contribution in [0.1, 0.15) is 44.2 Å². The van der Waals surface area contributed by atoms with E-state index in [1.165, 1.54) is 19.3 Å². The molecule has 0 saturated heterocycles. The molecule has 0 aliphatic rings. The molecule has 0 saturated carbocycles. The van der Waals surface area contributed by atoms with Crippen molar-refractivity contribution in [2.45, 2.75) is 38.6 Å². The molecule has 0 amide bonds. The number of anilines is 1. The van der Waals surface area contributed by atoms with Crippen molar-refractivity contribution >= 4 is 5.69 Å². The average molecular weight is 192 g/mol. The monoisotopic (exact) mass is 192 g/mol. The van der Waals surface area contributed by atoms with Gasteiger partial charge in [-0.25, -0.2) is 0 Å². The smallest absolute Gasteiger partial charge is 0.0317 e. The summed E-state index contributed by atoms with van der Waals surface area (Å²) in [5.74, 6) is 0. The Hall–Kier alpha value is -1.02. The van der Waals surface area contributed by atoms with E-state index in [1.807, 2.05) is 24.3 Å². The lowest BCUT2D eigenvalue weighted by Crippen LogP contribution is -2.10. The van der Waals surface area contributed by atoms with E-state index < -0.39 is 0 Å². The van der Waals surface area contributed by atoms with Crippen LogP contribution in [0.2, 0.25) is 0 Å². The Bertz CT molecular complexity index is 271. The minimum atomic E-state index is 0.144. The summed E-state index contributed by atoms with van der Waals surface area (Å²) in [7, 11) is 0. The minimum Gasteiger partial charge on any atom is -0.399 e. The molecule has 1 aromatic carbocycles. The minimum absolute atomic E-state index is 0.144. The van der Waals surface area contributed by atoms with Crippen molar-refractivity contribution in [3.05, 3.63) is 29.8 Å². The second-order valence-electron chi connectivity index (χ2n) is 3.77. The molecule has 1 rings (SSSR count). The average Bonchev–Trinajstić information content (AvgIpc) is 2.18. The lowest BCUT2D eigenvalue weighted by atomic mass is 10.0. The van der Waals surface area contributed by atoms with Crippen LogP contribution in [-0.4, -0.2) is 0 Å². The third kappa shape index (κ3) is 3.38. The Balaban J connectivity index is 2.47. The summed E-state index contributed by atoms with van der Waals surface area (Å²) in [6, 6.07) is 8.01. The number of hydrogen-bond acceptors (Lipinski definition) is 2. The van der Waals surface area contributed by atoms with E-state index in [0.717, 1.165) is 17.7 Å². The van der Waals surface area contributed by atoms with Crippen LogP contribution in [0.15, 0.2) is 24.3 Å². The highest BCUT2D eigenvalue weighted by molar-refractivity contribution is 5.41. The molecule has 1 aromatic rings. The Morgan fingerprint density at radius 2 is 2.07 bits per heavy atom. The van der Waals surface area contributed by atoms with Crippen LogP contribution in [0.3, 0.4) is 0 Å². The fraction of sp³-hybridized carbons (Fsp3) is 0.500. The van der Waals surface area contributed by atoms with Gasteiger partial charge in [-0.3, -0.25) is 0 Å². The van der Waals surface area contributed by atoms with Crippen LogP contribution in [0.25, 0.3) is 0 Å². The lowest BCUT2D eigenvalue weighted by molar-refractivity contribution is 0.581. The highest BCUT2D eigenvalue weighted by Gasteiger charge is 2.04. The van der Waals surface area contributed by atoms with Crippen molar-refractivity contribution in [2.24, 2.45) is 5.73 Å². The summed E-state index contributed by atoms with van der Waals surface area (Å²) >= 11 is 0. The molecule has 14 heavy (non-hydrogen) atoms. The number of rotatable bonds is 5. The SMILES string of the molecule is CCCCCC(N)c1cccc(N)c1. The molecule has 0 bridgehead atoms. The topological polar surface area (TPSA) is 52.0 Å². The molecule has 0 aromatic heterocycles. The van der Waals surface area contributed by atoms with Gasteiger partial charge in [-0.05, 0) is 24.1 Å². The van der Waals surface area contributed by atoms with Crippen molar-refractivity contribution < 1.29 is 0 Å². The first-order valence-corrected chi connectivity index (χ1v) is 5.35. The van der Waals surface area contributed by atoms with Gasteiger partial charge >= 0.3 is 0 Å². The molecule has 0 aliphatic carbocycles. The van der Waals surface area contributed by atoms with Gasteiger partial charge in [0, 0.05) is 11.7 Å². The van der Waals surface area contributed by atoms with E-state index in [0.29, 0.717) is 0 Å². The number of nitrogens with two attached hydrogens (primary N) is 2. The molecule has 0 spiro atoms. The first-order chi connectivity index (χ1) is 6.74. The Morgan fingerprint density at radius 3 is 2.71 bits per heavy atom. The van der Waals surface area contributed by atoms with Gasteiger partial charge in [0.2, 0.25) is 0 Å². The van der Waals surface area contributed by atoms with Crippen LogP contribution < -0.4 is 11.5 Å². The predicted molar refractivity (Wildman–Crippen MR) is 61.9 cm³/mol. The van der Waals surface area contributed by atoms with E-state index >= 15 is 0 Å². The molecule has 0 heterocycles. The molecule has 4 N–H and O–H groups in total. The quantitative estimate of drug-likeness (QED) is 0.556. The molecule has 78 valence electrons. The van der Waals surface area contributed by atoms with Gasteiger partial charge in [0.25, 0.3) is 0 Å². The fourth-order valence-corrected chi connectivity index (χ4v) is 1.57. The van der Waals surface area contributed by atoms with Crippen molar-refractivity contribution in [2.75, 3.05) is 5.73 Å². The standard InChI is InChI=1S/C12H20N2/c1-2-3-4-8-12(14)10-6-5-7-11(13)9-10/h5-7,9,12H,2-4,8,13-14H2,1H3. The molecule has 1 atom stereocenters. The second kappa shape index (κ2) is 5.66. The maximum atomic E-state index is 6.05. The van der Waals surface area contributed by atoms with Crippen molar-refractivity contribution in [3.63, 3.8) is 0 Å². The van der Waals surface area contributed by atoms with E-state index in [4.69, 9.17) is 11.5 Å². The van der Waals surface area contributed by atoms with Gasteiger partial charge in [-0.1, -0.05) is 38.3 Å². The van der Waals surface area contributed by atoms with Gasteiger partial charge < -0.3 is 11.5 Å².